The fourth-order valence-electron chi connectivity index (χ4n) is 2.26. The van der Waals surface area contributed by atoms with Gasteiger partial charge < -0.3 is 4.74 Å². The molecule has 0 aromatic heterocycles. The van der Waals surface area contributed by atoms with Crippen LogP contribution in [0.25, 0.3) is 0 Å². The Morgan fingerprint density at radius 1 is 1.12 bits per heavy atom. The molecule has 3 rings (SSSR count). The molecule has 0 aliphatic carbocycles. The standard InChI is InChI=1S/C12H14N2O2/c15-12-11-4-2-1-3-10(11)9-14(12)13-5-7-16-8-6-13/h1-4H,5-9H2. The van der Waals surface area contributed by atoms with Crippen LogP contribution in [0.3, 0.4) is 0 Å². The van der Waals surface area contributed by atoms with Crippen LogP contribution in [0.4, 0.5) is 0 Å². The quantitative estimate of drug-likeness (QED) is 0.701. The van der Waals surface area contributed by atoms with E-state index in [0.29, 0.717) is 19.8 Å². The molecular weight excluding hydrogens is 204 g/mol. The molecule has 4 heteroatoms. The highest BCUT2D eigenvalue weighted by Crippen LogP contribution is 2.24. The van der Waals surface area contributed by atoms with E-state index in [1.165, 1.54) is 0 Å². The van der Waals surface area contributed by atoms with Crippen molar-refractivity contribution in [2.45, 2.75) is 6.54 Å². The SMILES string of the molecule is O=C1c2ccccc2CN1N1CCOCC1. The molecule has 0 atom stereocenters. The predicted molar refractivity (Wildman–Crippen MR) is 58.7 cm³/mol. The minimum atomic E-state index is 0.123. The first-order valence-electron chi connectivity index (χ1n) is 5.58. The lowest BCUT2D eigenvalue weighted by Gasteiger charge is -2.34. The molecule has 1 aromatic rings. The molecule has 4 nitrogen and oxygen atoms in total. The number of hydrazine groups is 1. The normalized spacial score (nSPS) is 21.2. The number of amides is 1. The molecule has 0 bridgehead atoms. The Kier molecular flexibility index (Phi) is 2.38. The summed E-state index contributed by atoms with van der Waals surface area (Å²) in [7, 11) is 0. The van der Waals surface area contributed by atoms with Crippen LogP contribution in [0.2, 0.25) is 0 Å². The zero-order chi connectivity index (χ0) is 11.0. The van der Waals surface area contributed by atoms with E-state index in [9.17, 15) is 4.79 Å². The lowest BCUT2D eigenvalue weighted by molar-refractivity contribution is -0.0699. The topological polar surface area (TPSA) is 32.8 Å². The first kappa shape index (κ1) is 9.81. The minimum absolute atomic E-state index is 0.123. The predicted octanol–water partition coefficient (Wildman–Crippen LogP) is 0.890. The number of fused-ring (bicyclic) bond motifs is 1. The maximum absolute atomic E-state index is 12.1. The Morgan fingerprint density at radius 3 is 2.62 bits per heavy atom. The van der Waals surface area contributed by atoms with Crippen molar-refractivity contribution in [3.63, 3.8) is 0 Å². The van der Waals surface area contributed by atoms with Gasteiger partial charge in [-0.15, -0.1) is 0 Å². The third kappa shape index (κ3) is 1.50. The van der Waals surface area contributed by atoms with Crippen molar-refractivity contribution >= 4 is 5.91 Å². The van der Waals surface area contributed by atoms with Crippen LogP contribution in [0, 0.1) is 0 Å². The molecule has 16 heavy (non-hydrogen) atoms. The minimum Gasteiger partial charge on any atom is -0.379 e. The summed E-state index contributed by atoms with van der Waals surface area (Å²) in [6.07, 6.45) is 0. The van der Waals surface area contributed by atoms with Crippen molar-refractivity contribution < 1.29 is 9.53 Å². The van der Waals surface area contributed by atoms with E-state index in [4.69, 9.17) is 4.74 Å². The second-order valence-corrected chi connectivity index (χ2v) is 4.09. The van der Waals surface area contributed by atoms with Crippen LogP contribution >= 0.6 is 0 Å². The first-order valence-corrected chi connectivity index (χ1v) is 5.58. The Labute approximate surface area is 94.4 Å². The number of morpholine rings is 1. The fraction of sp³-hybridized carbons (Fsp3) is 0.417. The number of carbonyl (C=O) groups excluding carboxylic acids is 1. The van der Waals surface area contributed by atoms with Crippen LogP contribution < -0.4 is 0 Å². The van der Waals surface area contributed by atoms with E-state index < -0.39 is 0 Å². The third-order valence-electron chi connectivity index (χ3n) is 3.13. The zero-order valence-electron chi connectivity index (χ0n) is 9.06. The molecule has 0 spiro atoms. The molecule has 0 unspecified atom stereocenters. The average molecular weight is 218 g/mol. The third-order valence-corrected chi connectivity index (χ3v) is 3.13. The van der Waals surface area contributed by atoms with Gasteiger partial charge in [0, 0.05) is 18.7 Å². The molecule has 2 aliphatic rings. The summed E-state index contributed by atoms with van der Waals surface area (Å²) in [6, 6.07) is 7.82. The van der Waals surface area contributed by atoms with Crippen molar-refractivity contribution in [3.05, 3.63) is 35.4 Å². The van der Waals surface area contributed by atoms with E-state index in [-0.39, 0.29) is 5.91 Å². The highest BCUT2D eigenvalue weighted by atomic mass is 16.5. The van der Waals surface area contributed by atoms with Crippen molar-refractivity contribution in [1.29, 1.82) is 0 Å². The van der Waals surface area contributed by atoms with Gasteiger partial charge in [-0.25, -0.2) is 5.01 Å². The Balaban J connectivity index is 1.83. The molecule has 1 amide bonds. The van der Waals surface area contributed by atoms with E-state index in [1.807, 2.05) is 29.3 Å². The molecule has 1 saturated heterocycles. The summed E-state index contributed by atoms with van der Waals surface area (Å²) in [5, 5.41) is 3.93. The number of hydrogen-bond donors (Lipinski definition) is 0. The van der Waals surface area contributed by atoms with Gasteiger partial charge in [-0.2, -0.15) is 0 Å². The van der Waals surface area contributed by atoms with Gasteiger partial charge in [0.15, 0.2) is 0 Å². The zero-order valence-corrected chi connectivity index (χ0v) is 9.06. The number of benzene rings is 1. The maximum Gasteiger partial charge on any atom is 0.268 e. The molecule has 2 aliphatic heterocycles. The van der Waals surface area contributed by atoms with E-state index in [1.54, 1.807) is 0 Å². The van der Waals surface area contributed by atoms with Gasteiger partial charge in [-0.1, -0.05) is 18.2 Å². The Hall–Kier alpha value is -1.39. The molecular formula is C12H14N2O2. The Bertz CT molecular complexity index is 413. The van der Waals surface area contributed by atoms with Crippen molar-refractivity contribution in [2.75, 3.05) is 26.3 Å². The van der Waals surface area contributed by atoms with Gasteiger partial charge in [0.2, 0.25) is 0 Å². The summed E-state index contributed by atoms with van der Waals surface area (Å²) in [6.45, 7) is 3.73. The average Bonchev–Trinajstić information content (AvgIpc) is 2.69. The summed E-state index contributed by atoms with van der Waals surface area (Å²) in [5.41, 5.74) is 1.97. The van der Waals surface area contributed by atoms with Crippen molar-refractivity contribution in [1.82, 2.24) is 10.0 Å². The summed E-state index contributed by atoms with van der Waals surface area (Å²) < 4.78 is 5.29. The van der Waals surface area contributed by atoms with Gasteiger partial charge in [0.25, 0.3) is 5.91 Å². The number of ether oxygens (including phenoxy) is 1. The fourth-order valence-corrected chi connectivity index (χ4v) is 2.26. The van der Waals surface area contributed by atoms with Gasteiger partial charge >= 0.3 is 0 Å². The number of carbonyl (C=O) groups is 1. The van der Waals surface area contributed by atoms with E-state index in [0.717, 1.165) is 24.2 Å². The van der Waals surface area contributed by atoms with Crippen LogP contribution in [0.15, 0.2) is 24.3 Å². The van der Waals surface area contributed by atoms with Gasteiger partial charge in [0.1, 0.15) is 0 Å². The van der Waals surface area contributed by atoms with Crippen LogP contribution in [-0.4, -0.2) is 42.2 Å². The van der Waals surface area contributed by atoms with Crippen LogP contribution in [-0.2, 0) is 11.3 Å². The molecule has 0 radical (unpaired) electrons. The summed E-state index contributed by atoms with van der Waals surface area (Å²) >= 11 is 0. The van der Waals surface area contributed by atoms with E-state index in [2.05, 4.69) is 5.01 Å². The lowest BCUT2D eigenvalue weighted by atomic mass is 10.1. The lowest BCUT2D eigenvalue weighted by Crippen LogP contribution is -2.48. The van der Waals surface area contributed by atoms with Crippen molar-refractivity contribution in [2.24, 2.45) is 0 Å². The van der Waals surface area contributed by atoms with Gasteiger partial charge in [-0.3, -0.25) is 9.80 Å². The number of nitrogens with zero attached hydrogens (tertiary/aromatic N) is 2. The maximum atomic E-state index is 12.1. The van der Waals surface area contributed by atoms with E-state index >= 15 is 0 Å². The Morgan fingerprint density at radius 2 is 1.88 bits per heavy atom. The molecule has 2 heterocycles. The highest BCUT2D eigenvalue weighted by Gasteiger charge is 2.31. The van der Waals surface area contributed by atoms with Gasteiger partial charge in [-0.05, 0) is 11.6 Å². The summed E-state index contributed by atoms with van der Waals surface area (Å²) in [5.74, 6) is 0.123. The second-order valence-electron chi connectivity index (χ2n) is 4.09. The smallest absolute Gasteiger partial charge is 0.268 e. The number of hydrogen-bond acceptors (Lipinski definition) is 3. The molecule has 84 valence electrons. The molecule has 0 saturated carbocycles. The monoisotopic (exact) mass is 218 g/mol. The molecule has 1 aromatic carbocycles. The second kappa shape index (κ2) is 3.88. The van der Waals surface area contributed by atoms with Gasteiger partial charge in [0.05, 0.1) is 19.8 Å². The molecule has 0 N–H and O–H groups in total. The van der Waals surface area contributed by atoms with Crippen molar-refractivity contribution in [3.8, 4) is 0 Å². The first-order chi connectivity index (χ1) is 7.86. The highest BCUT2D eigenvalue weighted by molar-refractivity contribution is 5.97. The van der Waals surface area contributed by atoms with Crippen LogP contribution in [0.5, 0.6) is 0 Å². The molecule has 1 fully saturated rings. The summed E-state index contributed by atoms with van der Waals surface area (Å²) in [4.78, 5) is 12.1. The largest absolute Gasteiger partial charge is 0.379 e. The number of rotatable bonds is 1. The van der Waals surface area contributed by atoms with Crippen LogP contribution in [0.1, 0.15) is 15.9 Å².